The zero-order valence-electron chi connectivity index (χ0n) is 16.5. The molecule has 2 aliphatic rings. The van der Waals surface area contributed by atoms with Gasteiger partial charge in [-0.05, 0) is 56.4 Å². The zero-order chi connectivity index (χ0) is 19.6. The minimum atomic E-state index is -0.252. The lowest BCUT2D eigenvalue weighted by molar-refractivity contribution is -0.137. The standard InChI is InChI=1S/C21H29N3O3/c1-4-21(7-5-18(25)22-21)8-6-19(26)23-9-10-24(20(27)14-23)17-12-15(2)11-16(3)13-17/h11-13H,4-10,14H2,1-3H3,(H,22,25). The Morgan fingerprint density at radius 1 is 1.15 bits per heavy atom. The Hall–Kier alpha value is -2.37. The minimum absolute atomic E-state index is 0.00241. The Bertz CT molecular complexity index is 741. The number of carbonyl (C=O) groups excluding carboxylic acids is 3. The van der Waals surface area contributed by atoms with E-state index in [0.29, 0.717) is 32.4 Å². The SMILES string of the molecule is CCC1(CCC(=O)N2CCN(c3cc(C)cc(C)c3)C(=O)C2)CCC(=O)N1. The molecule has 1 aromatic carbocycles. The van der Waals surface area contributed by atoms with Gasteiger partial charge in [-0.3, -0.25) is 14.4 Å². The Balaban J connectivity index is 1.58. The number of hydrogen-bond donors (Lipinski definition) is 1. The van der Waals surface area contributed by atoms with Crippen LogP contribution in [-0.2, 0) is 14.4 Å². The van der Waals surface area contributed by atoms with Crippen LogP contribution >= 0.6 is 0 Å². The molecule has 0 aliphatic carbocycles. The van der Waals surface area contributed by atoms with Crippen LogP contribution in [0.25, 0.3) is 0 Å². The molecule has 3 amide bonds. The van der Waals surface area contributed by atoms with E-state index in [-0.39, 0.29) is 29.8 Å². The van der Waals surface area contributed by atoms with Crippen molar-refractivity contribution in [3.63, 3.8) is 0 Å². The number of benzene rings is 1. The van der Waals surface area contributed by atoms with Gasteiger partial charge in [-0.15, -0.1) is 0 Å². The van der Waals surface area contributed by atoms with Crippen LogP contribution in [0, 0.1) is 13.8 Å². The second-order valence-corrected chi connectivity index (χ2v) is 7.89. The summed E-state index contributed by atoms with van der Waals surface area (Å²) in [4.78, 5) is 40.3. The summed E-state index contributed by atoms with van der Waals surface area (Å²) in [7, 11) is 0. The van der Waals surface area contributed by atoms with Crippen molar-refractivity contribution >= 4 is 23.4 Å². The van der Waals surface area contributed by atoms with E-state index in [4.69, 9.17) is 0 Å². The van der Waals surface area contributed by atoms with E-state index in [1.165, 1.54) is 0 Å². The molecule has 27 heavy (non-hydrogen) atoms. The first-order chi connectivity index (χ1) is 12.8. The molecule has 0 bridgehead atoms. The third-order valence-corrected chi connectivity index (χ3v) is 5.82. The second kappa shape index (κ2) is 7.71. The van der Waals surface area contributed by atoms with E-state index in [2.05, 4.69) is 11.4 Å². The number of amides is 3. The lowest BCUT2D eigenvalue weighted by Crippen LogP contribution is -2.53. The van der Waals surface area contributed by atoms with E-state index in [1.807, 2.05) is 32.9 Å². The molecule has 3 rings (SSSR count). The first kappa shape index (κ1) is 19.4. The summed E-state index contributed by atoms with van der Waals surface area (Å²) >= 11 is 0. The highest BCUT2D eigenvalue weighted by atomic mass is 16.2. The maximum Gasteiger partial charge on any atom is 0.246 e. The molecule has 6 heteroatoms. The Morgan fingerprint density at radius 3 is 2.41 bits per heavy atom. The summed E-state index contributed by atoms with van der Waals surface area (Å²) in [5.74, 6) is 0.0258. The van der Waals surface area contributed by atoms with Crippen molar-refractivity contribution in [3.8, 4) is 0 Å². The second-order valence-electron chi connectivity index (χ2n) is 7.89. The number of carbonyl (C=O) groups is 3. The summed E-state index contributed by atoms with van der Waals surface area (Å²) in [5, 5.41) is 3.04. The van der Waals surface area contributed by atoms with Crippen LogP contribution in [0.5, 0.6) is 0 Å². The Morgan fingerprint density at radius 2 is 1.85 bits per heavy atom. The van der Waals surface area contributed by atoms with Crippen LogP contribution in [0.4, 0.5) is 5.69 Å². The summed E-state index contributed by atoms with van der Waals surface area (Å²) in [5.41, 5.74) is 2.90. The Labute approximate surface area is 160 Å². The van der Waals surface area contributed by atoms with Crippen LogP contribution < -0.4 is 10.2 Å². The number of rotatable bonds is 5. The highest BCUT2D eigenvalue weighted by Crippen LogP contribution is 2.29. The quantitative estimate of drug-likeness (QED) is 0.864. The predicted octanol–water partition coefficient (Wildman–Crippen LogP) is 2.32. The molecule has 0 radical (unpaired) electrons. The van der Waals surface area contributed by atoms with Gasteiger partial charge in [0.15, 0.2) is 0 Å². The maximum absolute atomic E-state index is 12.6. The smallest absolute Gasteiger partial charge is 0.246 e. The Kier molecular flexibility index (Phi) is 5.53. The minimum Gasteiger partial charge on any atom is -0.351 e. The average Bonchev–Trinajstić information content (AvgIpc) is 3.00. The number of piperazine rings is 1. The van der Waals surface area contributed by atoms with Crippen molar-refractivity contribution in [3.05, 3.63) is 29.3 Å². The van der Waals surface area contributed by atoms with E-state index >= 15 is 0 Å². The lowest BCUT2D eigenvalue weighted by atomic mass is 9.88. The van der Waals surface area contributed by atoms with Gasteiger partial charge < -0.3 is 15.1 Å². The molecule has 0 saturated carbocycles. The average molecular weight is 371 g/mol. The van der Waals surface area contributed by atoms with Crippen molar-refractivity contribution in [1.29, 1.82) is 0 Å². The van der Waals surface area contributed by atoms with Gasteiger partial charge in [0.2, 0.25) is 17.7 Å². The summed E-state index contributed by atoms with van der Waals surface area (Å²) in [6.07, 6.45) is 3.15. The van der Waals surface area contributed by atoms with Gasteiger partial charge in [0.1, 0.15) is 6.54 Å². The first-order valence-corrected chi connectivity index (χ1v) is 9.79. The predicted molar refractivity (Wildman–Crippen MR) is 104 cm³/mol. The number of aryl methyl sites for hydroxylation is 2. The van der Waals surface area contributed by atoms with E-state index in [0.717, 1.165) is 29.7 Å². The zero-order valence-corrected chi connectivity index (χ0v) is 16.5. The molecule has 1 aromatic rings. The summed E-state index contributed by atoms with van der Waals surface area (Å²) in [6.45, 7) is 7.27. The largest absolute Gasteiger partial charge is 0.351 e. The molecule has 0 aromatic heterocycles. The van der Waals surface area contributed by atoms with E-state index in [9.17, 15) is 14.4 Å². The topological polar surface area (TPSA) is 69.7 Å². The number of hydrogen-bond acceptors (Lipinski definition) is 3. The molecule has 2 heterocycles. The molecule has 0 spiro atoms. The first-order valence-electron chi connectivity index (χ1n) is 9.79. The lowest BCUT2D eigenvalue weighted by Gasteiger charge is -2.35. The fraction of sp³-hybridized carbons (Fsp3) is 0.571. The number of anilines is 1. The molecule has 1 N–H and O–H groups in total. The van der Waals surface area contributed by atoms with Crippen LogP contribution in [0.3, 0.4) is 0 Å². The molecular weight excluding hydrogens is 342 g/mol. The van der Waals surface area contributed by atoms with Crippen LogP contribution in [0.1, 0.15) is 50.2 Å². The van der Waals surface area contributed by atoms with Crippen molar-refractivity contribution in [2.75, 3.05) is 24.5 Å². The molecule has 1 unspecified atom stereocenters. The highest BCUT2D eigenvalue weighted by Gasteiger charge is 2.37. The number of nitrogens with one attached hydrogen (secondary N) is 1. The summed E-state index contributed by atoms with van der Waals surface area (Å²) < 4.78 is 0. The molecule has 2 fully saturated rings. The van der Waals surface area contributed by atoms with Crippen LogP contribution in [0.2, 0.25) is 0 Å². The van der Waals surface area contributed by atoms with Crippen LogP contribution in [-0.4, -0.2) is 47.8 Å². The fourth-order valence-electron chi connectivity index (χ4n) is 4.17. The monoisotopic (exact) mass is 371 g/mol. The molecule has 1 atom stereocenters. The van der Waals surface area contributed by atoms with Gasteiger partial charge in [0.05, 0.1) is 0 Å². The van der Waals surface area contributed by atoms with Crippen molar-refractivity contribution in [2.24, 2.45) is 0 Å². The van der Waals surface area contributed by atoms with Crippen molar-refractivity contribution < 1.29 is 14.4 Å². The summed E-state index contributed by atoms with van der Waals surface area (Å²) in [6, 6.07) is 6.10. The van der Waals surface area contributed by atoms with Gasteiger partial charge in [0.25, 0.3) is 0 Å². The number of nitrogens with zero attached hydrogens (tertiary/aromatic N) is 2. The van der Waals surface area contributed by atoms with Crippen molar-refractivity contribution in [2.45, 2.75) is 58.4 Å². The molecular formula is C21H29N3O3. The van der Waals surface area contributed by atoms with Gasteiger partial charge in [0, 0.05) is 37.2 Å². The molecule has 146 valence electrons. The molecule has 6 nitrogen and oxygen atoms in total. The van der Waals surface area contributed by atoms with Crippen LogP contribution in [0.15, 0.2) is 18.2 Å². The fourth-order valence-corrected chi connectivity index (χ4v) is 4.17. The third kappa shape index (κ3) is 4.31. The van der Waals surface area contributed by atoms with Gasteiger partial charge in [-0.1, -0.05) is 13.0 Å². The van der Waals surface area contributed by atoms with Gasteiger partial charge >= 0.3 is 0 Å². The van der Waals surface area contributed by atoms with Gasteiger partial charge in [-0.25, -0.2) is 0 Å². The normalized spacial score (nSPS) is 22.9. The molecule has 2 saturated heterocycles. The van der Waals surface area contributed by atoms with E-state index in [1.54, 1.807) is 9.80 Å². The van der Waals surface area contributed by atoms with Crippen molar-refractivity contribution in [1.82, 2.24) is 10.2 Å². The highest BCUT2D eigenvalue weighted by molar-refractivity contribution is 5.98. The van der Waals surface area contributed by atoms with Gasteiger partial charge in [-0.2, -0.15) is 0 Å². The third-order valence-electron chi connectivity index (χ3n) is 5.82. The molecule has 2 aliphatic heterocycles. The van der Waals surface area contributed by atoms with E-state index < -0.39 is 0 Å². The maximum atomic E-state index is 12.6.